The van der Waals surface area contributed by atoms with Crippen molar-refractivity contribution >= 4 is 0 Å². The lowest BCUT2D eigenvalue weighted by molar-refractivity contribution is -0.274. The van der Waals surface area contributed by atoms with E-state index in [0.717, 1.165) is 0 Å². The molecule has 8 heteroatoms. The second-order valence-electron chi connectivity index (χ2n) is 4.70. The van der Waals surface area contributed by atoms with Crippen molar-refractivity contribution in [3.8, 4) is 34.3 Å². The number of halogens is 3. The highest BCUT2D eigenvalue weighted by Gasteiger charge is 2.31. The summed E-state index contributed by atoms with van der Waals surface area (Å²) in [4.78, 5) is 4.24. The van der Waals surface area contributed by atoms with Gasteiger partial charge in [0.25, 0.3) is 5.89 Å². The van der Waals surface area contributed by atoms with Crippen LogP contribution in [-0.2, 0) is 0 Å². The molecule has 124 valence electrons. The van der Waals surface area contributed by atoms with Gasteiger partial charge in [0.15, 0.2) is 0 Å². The largest absolute Gasteiger partial charge is 0.573 e. The van der Waals surface area contributed by atoms with E-state index in [-0.39, 0.29) is 17.5 Å². The fourth-order valence-corrected chi connectivity index (χ4v) is 2.08. The summed E-state index contributed by atoms with van der Waals surface area (Å²) < 4.78 is 50.7. The Morgan fingerprint density at radius 1 is 1.00 bits per heavy atom. The van der Waals surface area contributed by atoms with E-state index in [1.165, 1.54) is 31.4 Å². The molecule has 0 aliphatic heterocycles. The van der Waals surface area contributed by atoms with Crippen molar-refractivity contribution < 1.29 is 27.2 Å². The van der Waals surface area contributed by atoms with Gasteiger partial charge in [-0.1, -0.05) is 17.3 Å². The standard InChI is InChI=1S/C16H11F3N2O3/c1-22-13-5-3-2-4-12(13)15-20-14(21-24-15)10-6-8-11(9-7-10)23-16(17,18)19/h2-9H,1H3. The number of ether oxygens (including phenoxy) is 2. The monoisotopic (exact) mass is 336 g/mol. The van der Waals surface area contributed by atoms with E-state index in [9.17, 15) is 13.2 Å². The molecule has 0 aliphatic carbocycles. The van der Waals surface area contributed by atoms with E-state index in [1.807, 2.05) is 0 Å². The van der Waals surface area contributed by atoms with Gasteiger partial charge < -0.3 is 14.0 Å². The normalized spacial score (nSPS) is 11.3. The Kier molecular flexibility index (Phi) is 4.11. The number of hydrogen-bond donors (Lipinski definition) is 0. The third-order valence-electron chi connectivity index (χ3n) is 3.11. The van der Waals surface area contributed by atoms with Gasteiger partial charge in [0, 0.05) is 5.56 Å². The van der Waals surface area contributed by atoms with Crippen molar-refractivity contribution in [2.45, 2.75) is 6.36 Å². The first-order chi connectivity index (χ1) is 11.5. The van der Waals surface area contributed by atoms with Crippen molar-refractivity contribution in [2.75, 3.05) is 7.11 Å². The van der Waals surface area contributed by atoms with Gasteiger partial charge in [-0.25, -0.2) is 0 Å². The minimum atomic E-state index is -4.73. The quantitative estimate of drug-likeness (QED) is 0.710. The molecule has 0 unspecified atom stereocenters. The van der Waals surface area contributed by atoms with Gasteiger partial charge in [-0.05, 0) is 36.4 Å². The van der Waals surface area contributed by atoms with Crippen molar-refractivity contribution in [2.24, 2.45) is 0 Å². The fourth-order valence-electron chi connectivity index (χ4n) is 2.08. The minimum absolute atomic E-state index is 0.245. The van der Waals surface area contributed by atoms with Crippen LogP contribution in [0, 0.1) is 0 Å². The van der Waals surface area contributed by atoms with E-state index in [1.54, 1.807) is 24.3 Å². The van der Waals surface area contributed by atoms with Gasteiger partial charge in [0.05, 0.1) is 12.7 Å². The Bertz CT molecular complexity index is 829. The van der Waals surface area contributed by atoms with Gasteiger partial charge in [0.1, 0.15) is 11.5 Å². The summed E-state index contributed by atoms with van der Waals surface area (Å²) in [7, 11) is 1.52. The molecule has 24 heavy (non-hydrogen) atoms. The lowest BCUT2D eigenvalue weighted by atomic mass is 10.2. The van der Waals surface area contributed by atoms with E-state index in [4.69, 9.17) is 9.26 Å². The van der Waals surface area contributed by atoms with E-state index in [2.05, 4.69) is 14.9 Å². The number of rotatable bonds is 4. The van der Waals surface area contributed by atoms with Crippen LogP contribution in [-0.4, -0.2) is 23.6 Å². The topological polar surface area (TPSA) is 57.4 Å². The Hall–Kier alpha value is -3.03. The molecule has 0 amide bonds. The maximum Gasteiger partial charge on any atom is 0.573 e. The van der Waals surface area contributed by atoms with Crippen LogP contribution in [0.25, 0.3) is 22.8 Å². The molecule has 3 rings (SSSR count). The summed E-state index contributed by atoms with van der Waals surface area (Å²) in [6.07, 6.45) is -4.73. The number of nitrogens with zero attached hydrogens (tertiary/aromatic N) is 2. The van der Waals surface area contributed by atoms with Crippen molar-refractivity contribution in [1.82, 2.24) is 10.1 Å². The fraction of sp³-hybridized carbons (Fsp3) is 0.125. The lowest BCUT2D eigenvalue weighted by Crippen LogP contribution is -2.16. The Labute approximate surface area is 134 Å². The maximum absolute atomic E-state index is 12.2. The van der Waals surface area contributed by atoms with Crippen LogP contribution < -0.4 is 9.47 Å². The van der Waals surface area contributed by atoms with E-state index < -0.39 is 6.36 Å². The molecule has 1 heterocycles. The zero-order valence-corrected chi connectivity index (χ0v) is 12.4. The third kappa shape index (κ3) is 3.48. The van der Waals surface area contributed by atoms with Crippen molar-refractivity contribution in [1.29, 1.82) is 0 Å². The zero-order chi connectivity index (χ0) is 17.2. The Balaban J connectivity index is 1.85. The molecular formula is C16H11F3N2O3. The number of para-hydroxylation sites is 1. The summed E-state index contributed by atoms with van der Waals surface area (Å²) in [6.45, 7) is 0. The second-order valence-corrected chi connectivity index (χ2v) is 4.70. The van der Waals surface area contributed by atoms with Crippen molar-refractivity contribution in [3.63, 3.8) is 0 Å². The highest BCUT2D eigenvalue weighted by molar-refractivity contribution is 5.65. The predicted molar refractivity (Wildman–Crippen MR) is 78.4 cm³/mol. The summed E-state index contributed by atoms with van der Waals surface area (Å²) in [5.74, 6) is 0.744. The highest BCUT2D eigenvalue weighted by Crippen LogP contribution is 2.30. The van der Waals surface area contributed by atoms with Crippen LogP contribution in [0.2, 0.25) is 0 Å². The molecule has 0 atom stereocenters. The molecule has 1 aromatic heterocycles. The zero-order valence-electron chi connectivity index (χ0n) is 12.4. The average molecular weight is 336 g/mol. The van der Waals surface area contributed by atoms with Crippen LogP contribution in [0.15, 0.2) is 53.1 Å². The summed E-state index contributed by atoms with van der Waals surface area (Å²) >= 11 is 0. The average Bonchev–Trinajstić information content (AvgIpc) is 3.04. The van der Waals surface area contributed by atoms with Gasteiger partial charge in [-0.15, -0.1) is 13.2 Å². The Morgan fingerprint density at radius 3 is 2.38 bits per heavy atom. The van der Waals surface area contributed by atoms with E-state index in [0.29, 0.717) is 16.9 Å². The summed E-state index contributed by atoms with van der Waals surface area (Å²) in [6, 6.07) is 12.3. The number of methoxy groups -OCH3 is 1. The van der Waals surface area contributed by atoms with E-state index >= 15 is 0 Å². The van der Waals surface area contributed by atoms with Crippen LogP contribution in [0.1, 0.15) is 0 Å². The van der Waals surface area contributed by atoms with Crippen LogP contribution in [0.5, 0.6) is 11.5 Å². The first-order valence-corrected chi connectivity index (χ1v) is 6.79. The molecule has 0 fully saturated rings. The molecule has 0 radical (unpaired) electrons. The first kappa shape index (κ1) is 15.9. The third-order valence-corrected chi connectivity index (χ3v) is 3.11. The second kappa shape index (κ2) is 6.23. The van der Waals surface area contributed by atoms with Gasteiger partial charge >= 0.3 is 6.36 Å². The molecule has 0 bridgehead atoms. The maximum atomic E-state index is 12.2. The molecule has 2 aromatic carbocycles. The first-order valence-electron chi connectivity index (χ1n) is 6.79. The number of aromatic nitrogens is 2. The van der Waals surface area contributed by atoms with Crippen molar-refractivity contribution in [3.05, 3.63) is 48.5 Å². The molecule has 3 aromatic rings. The molecule has 0 spiro atoms. The molecule has 0 aliphatic rings. The number of hydrogen-bond acceptors (Lipinski definition) is 5. The lowest BCUT2D eigenvalue weighted by Gasteiger charge is -2.08. The van der Waals surface area contributed by atoms with Crippen LogP contribution in [0.4, 0.5) is 13.2 Å². The van der Waals surface area contributed by atoms with Gasteiger partial charge in [-0.3, -0.25) is 0 Å². The number of benzene rings is 2. The number of alkyl halides is 3. The highest BCUT2D eigenvalue weighted by atomic mass is 19.4. The molecule has 0 saturated carbocycles. The predicted octanol–water partition coefficient (Wildman–Crippen LogP) is 4.31. The molecule has 0 saturated heterocycles. The summed E-state index contributed by atoms with van der Waals surface area (Å²) in [5, 5.41) is 3.84. The van der Waals surface area contributed by atoms with Crippen LogP contribution >= 0.6 is 0 Å². The Morgan fingerprint density at radius 2 is 1.71 bits per heavy atom. The molecule has 5 nitrogen and oxygen atoms in total. The SMILES string of the molecule is COc1ccccc1-c1nc(-c2ccc(OC(F)(F)F)cc2)no1. The van der Waals surface area contributed by atoms with Gasteiger partial charge in [-0.2, -0.15) is 4.98 Å². The smallest absolute Gasteiger partial charge is 0.496 e. The van der Waals surface area contributed by atoms with Crippen LogP contribution in [0.3, 0.4) is 0 Å². The van der Waals surface area contributed by atoms with Gasteiger partial charge in [0.2, 0.25) is 5.82 Å². The molecule has 0 N–H and O–H groups in total. The summed E-state index contributed by atoms with van der Waals surface area (Å²) in [5.41, 5.74) is 1.12. The molecular weight excluding hydrogens is 325 g/mol. The minimum Gasteiger partial charge on any atom is -0.496 e.